The van der Waals surface area contributed by atoms with E-state index in [4.69, 9.17) is 9.47 Å². The molecule has 5 heteroatoms. The van der Waals surface area contributed by atoms with Crippen LogP contribution in [0.1, 0.15) is 63.1 Å². The third-order valence-corrected chi connectivity index (χ3v) is 5.66. The van der Waals surface area contributed by atoms with Crippen LogP contribution in [-0.4, -0.2) is 29.4 Å². The molecule has 0 spiro atoms. The number of hydrogen-bond donors (Lipinski definition) is 0. The lowest BCUT2D eigenvalue weighted by Gasteiger charge is -2.41. The number of carbonyl (C=O) groups is 2. The number of pyridine rings is 1. The summed E-state index contributed by atoms with van der Waals surface area (Å²) in [4.78, 5) is 28.5. The van der Waals surface area contributed by atoms with E-state index in [-0.39, 0.29) is 18.2 Å². The van der Waals surface area contributed by atoms with Gasteiger partial charge in [-0.2, -0.15) is 0 Å². The topological polar surface area (TPSA) is 65.5 Å². The van der Waals surface area contributed by atoms with Gasteiger partial charge in [0.05, 0.1) is 13.3 Å². The zero-order valence-electron chi connectivity index (χ0n) is 15.2. The molecule has 0 N–H and O–H groups in total. The molecule has 1 aliphatic heterocycles. The van der Waals surface area contributed by atoms with Gasteiger partial charge in [0, 0.05) is 12.1 Å². The highest BCUT2D eigenvalue weighted by atomic mass is 16.6. The predicted octanol–water partition coefficient (Wildman–Crippen LogP) is 3.42. The van der Waals surface area contributed by atoms with E-state index in [9.17, 15) is 9.59 Å². The first-order valence-electron chi connectivity index (χ1n) is 9.31. The highest BCUT2D eigenvalue weighted by Gasteiger charge is 2.47. The summed E-state index contributed by atoms with van der Waals surface area (Å²) in [6, 6.07) is 2.06. The minimum atomic E-state index is -0.635. The number of hydrogen-bond acceptors (Lipinski definition) is 5. The van der Waals surface area contributed by atoms with Crippen LogP contribution in [0.2, 0.25) is 0 Å². The van der Waals surface area contributed by atoms with E-state index in [1.165, 1.54) is 0 Å². The Hall–Kier alpha value is -1.91. The van der Waals surface area contributed by atoms with Gasteiger partial charge in [0.15, 0.2) is 0 Å². The lowest BCUT2D eigenvalue weighted by molar-refractivity contribution is -0.178. The Balaban J connectivity index is 1.84. The van der Waals surface area contributed by atoms with Gasteiger partial charge in [0.25, 0.3) is 0 Å². The number of ether oxygens (including phenoxy) is 2. The van der Waals surface area contributed by atoms with E-state index in [1.807, 2.05) is 0 Å². The van der Waals surface area contributed by atoms with Gasteiger partial charge in [-0.3, -0.25) is 14.6 Å². The summed E-state index contributed by atoms with van der Waals surface area (Å²) in [5, 5.41) is 0. The van der Waals surface area contributed by atoms with Crippen molar-refractivity contribution in [2.24, 2.45) is 5.92 Å². The maximum atomic E-state index is 12.1. The molecule has 1 aromatic rings. The van der Waals surface area contributed by atoms with Crippen molar-refractivity contribution in [2.75, 3.05) is 7.11 Å². The van der Waals surface area contributed by atoms with Gasteiger partial charge in [-0.1, -0.05) is 19.8 Å². The highest BCUT2D eigenvalue weighted by molar-refractivity contribution is 5.98. The molecule has 1 unspecified atom stereocenters. The summed E-state index contributed by atoms with van der Waals surface area (Å²) in [6.07, 6.45) is 8.65. The van der Waals surface area contributed by atoms with E-state index in [1.54, 1.807) is 13.3 Å². The lowest BCUT2D eigenvalue weighted by atomic mass is 9.76. The van der Waals surface area contributed by atoms with Crippen LogP contribution in [-0.2, 0) is 27.2 Å². The number of Topliss-reactive ketones (excluding diaryl/α,β-unsaturated/α-hetero) is 1. The van der Waals surface area contributed by atoms with Crippen LogP contribution < -0.4 is 4.74 Å². The molecule has 2 heterocycles. The van der Waals surface area contributed by atoms with Crippen LogP contribution in [0.4, 0.5) is 0 Å². The standard InChI is InChI=1S/C20H27NO4/c1-3-16-10-14(18(24-2)13-21-16)8-9-20(15-6-4-5-7-15)12-17(22)11-19(23)25-20/h10,13,15H,3-9,11-12H2,1-2H3. The maximum Gasteiger partial charge on any atom is 0.313 e. The SMILES string of the molecule is CCc1cc(CCC2(C3CCCC3)CC(=O)CC(=O)O2)c(OC)cn1. The fourth-order valence-corrected chi connectivity index (χ4v) is 4.33. The van der Waals surface area contributed by atoms with Gasteiger partial charge in [0.1, 0.15) is 23.6 Å². The first-order chi connectivity index (χ1) is 12.1. The minimum Gasteiger partial charge on any atom is -0.495 e. The average molecular weight is 345 g/mol. The molecule has 25 heavy (non-hydrogen) atoms. The third-order valence-electron chi connectivity index (χ3n) is 5.66. The fourth-order valence-electron chi connectivity index (χ4n) is 4.33. The molecule has 1 saturated carbocycles. The molecule has 3 rings (SSSR count). The van der Waals surface area contributed by atoms with E-state index < -0.39 is 5.60 Å². The van der Waals surface area contributed by atoms with Crippen molar-refractivity contribution in [3.63, 3.8) is 0 Å². The molecule has 1 aliphatic carbocycles. The van der Waals surface area contributed by atoms with Crippen LogP contribution in [0.15, 0.2) is 12.3 Å². The first-order valence-corrected chi connectivity index (χ1v) is 9.31. The number of methoxy groups -OCH3 is 1. The Morgan fingerprint density at radius 2 is 2.08 bits per heavy atom. The van der Waals surface area contributed by atoms with Crippen LogP contribution in [0.3, 0.4) is 0 Å². The number of ketones is 1. The minimum absolute atomic E-state index is 0.0130. The predicted molar refractivity (Wildman–Crippen MR) is 93.5 cm³/mol. The molecule has 1 atom stereocenters. The number of aryl methyl sites for hydroxylation is 2. The van der Waals surface area contributed by atoms with Crippen molar-refractivity contribution in [3.05, 3.63) is 23.5 Å². The van der Waals surface area contributed by atoms with Gasteiger partial charge in [-0.15, -0.1) is 0 Å². The Morgan fingerprint density at radius 1 is 1.32 bits per heavy atom. The summed E-state index contributed by atoms with van der Waals surface area (Å²) < 4.78 is 11.3. The van der Waals surface area contributed by atoms with Crippen LogP contribution in [0.5, 0.6) is 5.75 Å². The second-order valence-electron chi connectivity index (χ2n) is 7.25. The van der Waals surface area contributed by atoms with Crippen molar-refractivity contribution in [1.29, 1.82) is 0 Å². The quantitative estimate of drug-likeness (QED) is 0.584. The second-order valence-corrected chi connectivity index (χ2v) is 7.25. The summed E-state index contributed by atoms with van der Waals surface area (Å²) in [5.74, 6) is 0.699. The molecule has 0 aromatic carbocycles. The van der Waals surface area contributed by atoms with E-state index in [0.717, 1.165) is 55.5 Å². The molecule has 1 saturated heterocycles. The molecule has 1 aromatic heterocycles. The lowest BCUT2D eigenvalue weighted by Crippen LogP contribution is -2.48. The zero-order chi connectivity index (χ0) is 17.9. The van der Waals surface area contributed by atoms with Crippen LogP contribution >= 0.6 is 0 Å². The summed E-state index contributed by atoms with van der Waals surface area (Å²) in [5.41, 5.74) is 1.45. The molecule has 2 aliphatic rings. The third kappa shape index (κ3) is 3.86. The summed E-state index contributed by atoms with van der Waals surface area (Å²) in [7, 11) is 1.64. The number of rotatable bonds is 6. The number of esters is 1. The smallest absolute Gasteiger partial charge is 0.313 e. The average Bonchev–Trinajstić information content (AvgIpc) is 3.14. The maximum absolute atomic E-state index is 12.1. The monoisotopic (exact) mass is 345 g/mol. The molecular formula is C20H27NO4. The fraction of sp³-hybridized carbons (Fsp3) is 0.650. The Morgan fingerprint density at radius 3 is 2.72 bits per heavy atom. The second kappa shape index (κ2) is 7.54. The number of nitrogens with zero attached hydrogens (tertiary/aromatic N) is 1. The molecule has 0 amide bonds. The largest absolute Gasteiger partial charge is 0.495 e. The number of carbonyl (C=O) groups excluding carboxylic acids is 2. The molecule has 0 radical (unpaired) electrons. The normalized spacial score (nSPS) is 24.4. The van der Waals surface area contributed by atoms with Gasteiger partial charge in [-0.05, 0) is 49.7 Å². The van der Waals surface area contributed by atoms with Crippen molar-refractivity contribution in [2.45, 2.75) is 70.3 Å². The number of aromatic nitrogens is 1. The molecule has 136 valence electrons. The van der Waals surface area contributed by atoms with Crippen LogP contribution in [0, 0.1) is 5.92 Å². The zero-order valence-corrected chi connectivity index (χ0v) is 15.2. The number of cyclic esters (lactones) is 1. The first kappa shape index (κ1) is 17.9. The van der Waals surface area contributed by atoms with E-state index in [0.29, 0.717) is 18.8 Å². The van der Waals surface area contributed by atoms with Crippen molar-refractivity contribution in [1.82, 2.24) is 4.98 Å². The summed E-state index contributed by atoms with van der Waals surface area (Å²) >= 11 is 0. The Kier molecular flexibility index (Phi) is 5.40. The van der Waals surface area contributed by atoms with Crippen molar-refractivity contribution < 1.29 is 19.1 Å². The van der Waals surface area contributed by atoms with Gasteiger partial charge >= 0.3 is 5.97 Å². The Bertz CT molecular complexity index is 633. The van der Waals surface area contributed by atoms with Gasteiger partial charge in [-0.25, -0.2) is 0 Å². The Labute approximate surface area is 149 Å². The van der Waals surface area contributed by atoms with E-state index >= 15 is 0 Å². The molecule has 0 bridgehead atoms. The highest BCUT2D eigenvalue weighted by Crippen LogP contribution is 2.44. The van der Waals surface area contributed by atoms with Crippen LogP contribution in [0.25, 0.3) is 0 Å². The molecule has 2 fully saturated rings. The van der Waals surface area contributed by atoms with Gasteiger partial charge < -0.3 is 9.47 Å². The molecule has 5 nitrogen and oxygen atoms in total. The van der Waals surface area contributed by atoms with Crippen molar-refractivity contribution in [3.8, 4) is 5.75 Å². The van der Waals surface area contributed by atoms with Crippen molar-refractivity contribution >= 4 is 11.8 Å². The van der Waals surface area contributed by atoms with Gasteiger partial charge in [0.2, 0.25) is 0 Å². The summed E-state index contributed by atoms with van der Waals surface area (Å²) in [6.45, 7) is 2.07. The van der Waals surface area contributed by atoms with E-state index in [2.05, 4.69) is 18.0 Å². The molecular weight excluding hydrogens is 318 g/mol.